The highest BCUT2D eigenvalue weighted by molar-refractivity contribution is 5.83. The summed E-state index contributed by atoms with van der Waals surface area (Å²) in [6.45, 7) is 6.88. The SMILES string of the molecule is CC(C)(C)OC(=O)[C@H](CCC(=O)NCCOCCOCC(=O)NCCOCCOCC(=O)OCc1ccccc1)NC(=O)OCC1c2ccccc2-c2ccccc21. The number of benzene rings is 3. The van der Waals surface area contributed by atoms with E-state index in [9.17, 15) is 24.0 Å². The third kappa shape index (κ3) is 16.6. The van der Waals surface area contributed by atoms with E-state index in [1.165, 1.54) is 0 Å². The Kier molecular flexibility index (Phi) is 19.1. The summed E-state index contributed by atoms with van der Waals surface area (Å²) in [5.74, 6) is -1.93. The third-order valence-electron chi connectivity index (χ3n) is 8.56. The Morgan fingerprint density at radius 2 is 1.19 bits per heavy atom. The summed E-state index contributed by atoms with van der Waals surface area (Å²) in [5, 5.41) is 7.99. The highest BCUT2D eigenvalue weighted by Gasteiger charge is 2.31. The highest BCUT2D eigenvalue weighted by Crippen LogP contribution is 2.44. The second-order valence-corrected chi connectivity index (χ2v) is 14.3. The molecule has 15 heteroatoms. The summed E-state index contributed by atoms with van der Waals surface area (Å²) < 4.78 is 37.7. The Morgan fingerprint density at radius 3 is 1.81 bits per heavy atom. The van der Waals surface area contributed by atoms with Crippen molar-refractivity contribution in [1.82, 2.24) is 16.0 Å². The lowest BCUT2D eigenvalue weighted by atomic mass is 9.98. The molecule has 58 heavy (non-hydrogen) atoms. The molecule has 0 heterocycles. The zero-order valence-corrected chi connectivity index (χ0v) is 33.5. The number of hydrogen-bond acceptors (Lipinski definition) is 12. The molecule has 3 N–H and O–H groups in total. The molecular weight excluding hydrogens is 750 g/mol. The van der Waals surface area contributed by atoms with Gasteiger partial charge in [0.25, 0.3) is 0 Å². The quantitative estimate of drug-likeness (QED) is 0.0635. The number of hydrogen-bond donors (Lipinski definition) is 3. The first-order valence-corrected chi connectivity index (χ1v) is 19.4. The predicted octanol–water partition coefficient (Wildman–Crippen LogP) is 4.06. The van der Waals surface area contributed by atoms with Crippen LogP contribution in [-0.2, 0) is 58.9 Å². The van der Waals surface area contributed by atoms with Crippen molar-refractivity contribution >= 4 is 29.8 Å². The number of nitrogens with one attached hydrogen (secondary N) is 3. The smallest absolute Gasteiger partial charge is 0.407 e. The molecule has 1 atom stereocenters. The van der Waals surface area contributed by atoms with Gasteiger partial charge in [-0.3, -0.25) is 9.59 Å². The van der Waals surface area contributed by atoms with E-state index in [0.717, 1.165) is 27.8 Å². The van der Waals surface area contributed by atoms with Gasteiger partial charge in [0.2, 0.25) is 11.8 Å². The van der Waals surface area contributed by atoms with Crippen LogP contribution in [0, 0.1) is 0 Å². The average Bonchev–Trinajstić information content (AvgIpc) is 3.52. The molecule has 0 spiro atoms. The maximum atomic E-state index is 13.0. The van der Waals surface area contributed by atoms with E-state index >= 15 is 0 Å². The molecule has 0 unspecified atom stereocenters. The van der Waals surface area contributed by atoms with Crippen molar-refractivity contribution in [2.75, 3.05) is 72.6 Å². The summed E-state index contributed by atoms with van der Waals surface area (Å²) in [4.78, 5) is 62.2. The van der Waals surface area contributed by atoms with Gasteiger partial charge in [-0.05, 0) is 55.0 Å². The Bertz CT molecular complexity index is 1720. The molecule has 0 aromatic heterocycles. The summed E-state index contributed by atoms with van der Waals surface area (Å²) in [6.07, 6.45) is -0.845. The van der Waals surface area contributed by atoms with Crippen molar-refractivity contribution in [3.05, 3.63) is 95.6 Å². The minimum atomic E-state index is -1.10. The van der Waals surface area contributed by atoms with Gasteiger partial charge in [0.15, 0.2) is 0 Å². The van der Waals surface area contributed by atoms with Crippen LogP contribution < -0.4 is 16.0 Å². The topological polar surface area (TPSA) is 186 Å². The number of carbonyl (C=O) groups is 5. The maximum absolute atomic E-state index is 13.0. The van der Waals surface area contributed by atoms with Crippen LogP contribution >= 0.6 is 0 Å². The Hall–Kier alpha value is -5.35. The lowest BCUT2D eigenvalue weighted by molar-refractivity contribution is -0.157. The molecule has 4 rings (SSSR count). The van der Waals surface area contributed by atoms with E-state index in [1.54, 1.807) is 20.8 Å². The van der Waals surface area contributed by atoms with Crippen LogP contribution in [0.2, 0.25) is 0 Å². The molecule has 314 valence electrons. The largest absolute Gasteiger partial charge is 0.459 e. The van der Waals surface area contributed by atoms with Crippen LogP contribution in [0.25, 0.3) is 11.1 Å². The minimum absolute atomic E-state index is 0.00381. The fourth-order valence-corrected chi connectivity index (χ4v) is 5.88. The summed E-state index contributed by atoms with van der Waals surface area (Å²) in [7, 11) is 0. The Morgan fingerprint density at radius 1 is 0.638 bits per heavy atom. The first-order chi connectivity index (χ1) is 28.0. The van der Waals surface area contributed by atoms with Gasteiger partial charge in [-0.25, -0.2) is 14.4 Å². The van der Waals surface area contributed by atoms with Gasteiger partial charge in [-0.1, -0.05) is 78.9 Å². The molecule has 3 aromatic rings. The van der Waals surface area contributed by atoms with Gasteiger partial charge in [0.05, 0.1) is 39.6 Å². The monoisotopic (exact) mass is 805 g/mol. The van der Waals surface area contributed by atoms with Gasteiger partial charge < -0.3 is 49.1 Å². The normalized spacial score (nSPS) is 12.5. The van der Waals surface area contributed by atoms with Gasteiger partial charge in [0, 0.05) is 25.4 Å². The first-order valence-electron chi connectivity index (χ1n) is 19.4. The van der Waals surface area contributed by atoms with E-state index in [4.69, 9.17) is 33.2 Å². The van der Waals surface area contributed by atoms with E-state index < -0.39 is 29.7 Å². The van der Waals surface area contributed by atoms with Gasteiger partial charge in [-0.2, -0.15) is 0 Å². The molecule has 0 saturated carbocycles. The van der Waals surface area contributed by atoms with E-state index in [1.807, 2.05) is 78.9 Å². The number of alkyl carbamates (subject to hydrolysis) is 1. The number of carbonyl (C=O) groups excluding carboxylic acids is 5. The molecule has 1 aliphatic carbocycles. The predicted molar refractivity (Wildman–Crippen MR) is 213 cm³/mol. The number of ether oxygens (including phenoxy) is 7. The highest BCUT2D eigenvalue weighted by atomic mass is 16.6. The van der Waals surface area contributed by atoms with Crippen molar-refractivity contribution in [1.29, 1.82) is 0 Å². The van der Waals surface area contributed by atoms with Gasteiger partial charge >= 0.3 is 18.0 Å². The second kappa shape index (κ2) is 24.4. The molecule has 0 saturated heterocycles. The van der Waals surface area contributed by atoms with Crippen LogP contribution in [0.15, 0.2) is 78.9 Å². The molecule has 0 bridgehead atoms. The zero-order chi connectivity index (χ0) is 41.6. The van der Waals surface area contributed by atoms with E-state index in [0.29, 0.717) is 0 Å². The van der Waals surface area contributed by atoms with Crippen molar-refractivity contribution < 1.29 is 57.1 Å². The van der Waals surface area contributed by atoms with E-state index in [-0.39, 0.29) is 110 Å². The van der Waals surface area contributed by atoms with Crippen LogP contribution in [0.3, 0.4) is 0 Å². The molecule has 0 aliphatic heterocycles. The van der Waals surface area contributed by atoms with Gasteiger partial charge in [0.1, 0.15) is 38.1 Å². The fourth-order valence-electron chi connectivity index (χ4n) is 5.88. The summed E-state index contributed by atoms with van der Waals surface area (Å²) in [6, 6.07) is 24.2. The first kappa shape index (κ1) is 45.4. The van der Waals surface area contributed by atoms with Crippen LogP contribution in [0.4, 0.5) is 4.79 Å². The number of amides is 3. The molecule has 1 aliphatic rings. The lowest BCUT2D eigenvalue weighted by Crippen LogP contribution is -2.45. The van der Waals surface area contributed by atoms with Gasteiger partial charge in [-0.15, -0.1) is 0 Å². The summed E-state index contributed by atoms with van der Waals surface area (Å²) >= 11 is 0. The Balaban J connectivity index is 1.01. The van der Waals surface area contributed by atoms with E-state index in [2.05, 4.69) is 16.0 Å². The lowest BCUT2D eigenvalue weighted by Gasteiger charge is -2.24. The minimum Gasteiger partial charge on any atom is -0.459 e. The standard InChI is InChI=1S/C43H55N3O12/c1-43(2,3)58-41(50)37(46-42(51)57-28-36-34-15-9-7-13-32(34)33-14-8-10-16-35(33)36)17-18-38(47)44-19-21-52-23-25-54-29-39(48)45-20-22-53-24-26-55-30-40(49)56-27-31-11-5-4-6-12-31/h4-16,36-37H,17-30H2,1-3H3,(H,44,47)(H,45,48)(H,46,51)/t37-/m0/s1. The van der Waals surface area contributed by atoms with Crippen LogP contribution in [0.1, 0.15) is 56.2 Å². The van der Waals surface area contributed by atoms with Crippen molar-refractivity contribution in [3.8, 4) is 11.1 Å². The third-order valence-corrected chi connectivity index (χ3v) is 8.56. The van der Waals surface area contributed by atoms with Crippen molar-refractivity contribution in [2.45, 2.75) is 57.8 Å². The van der Waals surface area contributed by atoms with Crippen LogP contribution in [-0.4, -0.2) is 114 Å². The van der Waals surface area contributed by atoms with Crippen molar-refractivity contribution in [2.24, 2.45) is 0 Å². The zero-order valence-electron chi connectivity index (χ0n) is 33.5. The molecule has 3 amide bonds. The average molecular weight is 806 g/mol. The Labute approximate surface area is 339 Å². The van der Waals surface area contributed by atoms with Crippen LogP contribution in [0.5, 0.6) is 0 Å². The fraction of sp³-hybridized carbons (Fsp3) is 0.465. The number of esters is 2. The summed E-state index contributed by atoms with van der Waals surface area (Å²) in [5.41, 5.74) is 4.41. The molecule has 15 nitrogen and oxygen atoms in total. The molecular formula is C43H55N3O12. The molecule has 3 aromatic carbocycles. The van der Waals surface area contributed by atoms with Crippen molar-refractivity contribution in [3.63, 3.8) is 0 Å². The second-order valence-electron chi connectivity index (χ2n) is 14.3. The number of rotatable bonds is 25. The maximum Gasteiger partial charge on any atom is 0.407 e. The number of fused-ring (bicyclic) bond motifs is 3. The molecule has 0 radical (unpaired) electrons. The molecule has 0 fully saturated rings.